The maximum Gasteiger partial charge on any atom is 0.358 e. The molecule has 0 saturated heterocycles. The molecule has 1 rings (SSSR count). The van der Waals surface area contributed by atoms with Crippen LogP contribution in [0.25, 0.3) is 0 Å². The molecular formula is C11H15N5O3. The van der Waals surface area contributed by atoms with Gasteiger partial charge in [-0.3, -0.25) is 0 Å². The molecule has 0 bridgehead atoms. The minimum atomic E-state index is -1.14. The molecule has 8 heteroatoms. The van der Waals surface area contributed by atoms with Gasteiger partial charge in [-0.2, -0.15) is 0 Å². The van der Waals surface area contributed by atoms with Crippen molar-refractivity contribution in [2.45, 2.75) is 25.9 Å². The average molecular weight is 265 g/mol. The first kappa shape index (κ1) is 14.5. The number of hydrogen-bond acceptors (Lipinski definition) is 4. The second kappa shape index (κ2) is 7.00. The van der Waals surface area contributed by atoms with E-state index in [9.17, 15) is 9.59 Å². The van der Waals surface area contributed by atoms with Crippen LogP contribution in [-0.4, -0.2) is 44.7 Å². The fourth-order valence-electron chi connectivity index (χ4n) is 1.29. The summed E-state index contributed by atoms with van der Waals surface area (Å²) in [7, 11) is 0. The first-order valence-electron chi connectivity index (χ1n) is 5.64. The molecule has 1 aromatic heterocycles. The molecule has 1 atom stereocenters. The summed E-state index contributed by atoms with van der Waals surface area (Å²) < 4.78 is 1.34. The molecule has 1 aromatic rings. The van der Waals surface area contributed by atoms with E-state index in [1.807, 2.05) is 0 Å². The van der Waals surface area contributed by atoms with Crippen molar-refractivity contribution < 1.29 is 14.7 Å². The van der Waals surface area contributed by atoms with Gasteiger partial charge in [0, 0.05) is 19.0 Å². The van der Waals surface area contributed by atoms with Crippen molar-refractivity contribution in [3.8, 4) is 12.3 Å². The van der Waals surface area contributed by atoms with Gasteiger partial charge < -0.3 is 15.7 Å². The summed E-state index contributed by atoms with van der Waals surface area (Å²) in [4.78, 5) is 22.0. The van der Waals surface area contributed by atoms with Gasteiger partial charge in [-0.1, -0.05) is 5.21 Å². The molecule has 0 aliphatic heterocycles. The van der Waals surface area contributed by atoms with Crippen molar-refractivity contribution >= 4 is 12.0 Å². The van der Waals surface area contributed by atoms with E-state index in [0.29, 0.717) is 19.5 Å². The summed E-state index contributed by atoms with van der Waals surface area (Å²) in [6.07, 6.45) is 6.87. The Bertz CT molecular complexity index is 491. The summed E-state index contributed by atoms with van der Waals surface area (Å²) in [6.45, 7) is 2.43. The maximum atomic E-state index is 11.4. The summed E-state index contributed by atoms with van der Waals surface area (Å²) in [5.74, 6) is 1.31. The van der Waals surface area contributed by atoms with Crippen molar-refractivity contribution in [1.82, 2.24) is 25.6 Å². The highest BCUT2D eigenvalue weighted by Gasteiger charge is 2.08. The molecule has 1 heterocycles. The van der Waals surface area contributed by atoms with E-state index >= 15 is 0 Å². The van der Waals surface area contributed by atoms with Crippen LogP contribution in [0.3, 0.4) is 0 Å². The monoisotopic (exact) mass is 265 g/mol. The van der Waals surface area contributed by atoms with E-state index in [4.69, 9.17) is 11.5 Å². The van der Waals surface area contributed by atoms with Gasteiger partial charge in [-0.15, -0.1) is 17.4 Å². The van der Waals surface area contributed by atoms with Crippen LogP contribution in [0.5, 0.6) is 0 Å². The molecule has 0 fully saturated rings. The summed E-state index contributed by atoms with van der Waals surface area (Å²) >= 11 is 0. The summed E-state index contributed by atoms with van der Waals surface area (Å²) in [5.41, 5.74) is -0.132. The van der Waals surface area contributed by atoms with Crippen molar-refractivity contribution in [3.05, 3.63) is 11.9 Å². The van der Waals surface area contributed by atoms with Crippen molar-refractivity contribution in [3.63, 3.8) is 0 Å². The molecule has 0 spiro atoms. The molecule has 0 radical (unpaired) electrons. The lowest BCUT2D eigenvalue weighted by Crippen LogP contribution is -2.41. The molecule has 0 saturated carbocycles. The maximum absolute atomic E-state index is 11.4. The van der Waals surface area contributed by atoms with Gasteiger partial charge in [0.1, 0.15) is 0 Å². The minimum Gasteiger partial charge on any atom is -0.476 e. The second-order valence-electron chi connectivity index (χ2n) is 3.88. The van der Waals surface area contributed by atoms with Gasteiger partial charge in [0.15, 0.2) is 5.69 Å². The van der Waals surface area contributed by atoms with Gasteiger partial charge >= 0.3 is 12.0 Å². The van der Waals surface area contributed by atoms with E-state index < -0.39 is 5.97 Å². The lowest BCUT2D eigenvalue weighted by atomic mass is 10.2. The summed E-state index contributed by atoms with van der Waals surface area (Å²) in [6, 6.07) is -0.434. The quantitative estimate of drug-likeness (QED) is 0.611. The van der Waals surface area contributed by atoms with Gasteiger partial charge in [0.05, 0.1) is 12.7 Å². The van der Waals surface area contributed by atoms with E-state index in [-0.39, 0.29) is 17.8 Å². The Morgan fingerprint density at radius 3 is 2.95 bits per heavy atom. The predicted molar refractivity (Wildman–Crippen MR) is 66.4 cm³/mol. The highest BCUT2D eigenvalue weighted by atomic mass is 16.4. The zero-order valence-electron chi connectivity index (χ0n) is 10.5. The Morgan fingerprint density at radius 1 is 1.63 bits per heavy atom. The van der Waals surface area contributed by atoms with Crippen LogP contribution >= 0.6 is 0 Å². The number of aromatic carboxylic acids is 1. The third-order valence-electron chi connectivity index (χ3n) is 2.19. The zero-order chi connectivity index (χ0) is 14.3. The van der Waals surface area contributed by atoms with Crippen LogP contribution in [-0.2, 0) is 6.54 Å². The van der Waals surface area contributed by atoms with Crippen LogP contribution in [0.1, 0.15) is 23.8 Å². The Kier molecular flexibility index (Phi) is 5.35. The molecule has 1 unspecified atom stereocenters. The fraction of sp³-hybridized carbons (Fsp3) is 0.455. The number of nitrogens with one attached hydrogen (secondary N) is 2. The normalized spacial score (nSPS) is 11.4. The Morgan fingerprint density at radius 2 is 2.37 bits per heavy atom. The summed E-state index contributed by atoms with van der Waals surface area (Å²) in [5, 5.41) is 21.0. The molecule has 3 N–H and O–H groups in total. The number of carboxylic acids is 1. The molecule has 19 heavy (non-hydrogen) atoms. The Labute approximate surface area is 110 Å². The lowest BCUT2D eigenvalue weighted by molar-refractivity contribution is 0.0690. The Balaban J connectivity index is 2.28. The zero-order valence-corrected chi connectivity index (χ0v) is 10.5. The topological polar surface area (TPSA) is 109 Å². The number of carbonyl (C=O) groups excluding carboxylic acids is 1. The molecule has 0 aliphatic carbocycles. The number of terminal acetylenes is 1. The molecular weight excluding hydrogens is 250 g/mol. The predicted octanol–water partition coefficient (Wildman–Crippen LogP) is -0.313. The van der Waals surface area contributed by atoms with Crippen LogP contribution in [0, 0.1) is 12.3 Å². The number of rotatable bonds is 6. The number of hydrogen-bond donors (Lipinski definition) is 3. The van der Waals surface area contributed by atoms with Crippen LogP contribution in [0.15, 0.2) is 6.20 Å². The molecule has 2 amide bonds. The molecule has 102 valence electrons. The standard InChI is InChI=1S/C11H15N5O3/c1-3-4-8(2)13-11(19)12-5-6-16-7-9(10(17)18)14-15-16/h1,7-8H,4-6H2,2H3,(H,17,18)(H2,12,13,19). The minimum absolute atomic E-state index is 0.102. The van der Waals surface area contributed by atoms with Crippen molar-refractivity contribution in [1.29, 1.82) is 0 Å². The molecule has 8 nitrogen and oxygen atoms in total. The lowest BCUT2D eigenvalue weighted by Gasteiger charge is -2.11. The largest absolute Gasteiger partial charge is 0.476 e. The number of carbonyl (C=O) groups is 2. The molecule has 0 aromatic carbocycles. The van der Waals surface area contributed by atoms with E-state index in [2.05, 4.69) is 26.9 Å². The van der Waals surface area contributed by atoms with Crippen molar-refractivity contribution in [2.75, 3.05) is 6.54 Å². The van der Waals surface area contributed by atoms with Crippen LogP contribution in [0.2, 0.25) is 0 Å². The Hall–Kier alpha value is -2.56. The average Bonchev–Trinajstić information content (AvgIpc) is 2.78. The second-order valence-corrected chi connectivity index (χ2v) is 3.88. The highest BCUT2D eigenvalue weighted by molar-refractivity contribution is 5.84. The number of aromatic nitrogens is 3. The fourth-order valence-corrected chi connectivity index (χ4v) is 1.29. The van der Waals surface area contributed by atoms with E-state index in [1.165, 1.54) is 10.9 Å². The van der Waals surface area contributed by atoms with Gasteiger partial charge in [0.2, 0.25) is 0 Å². The SMILES string of the molecule is C#CCC(C)NC(=O)NCCn1cc(C(=O)O)nn1. The van der Waals surface area contributed by atoms with Gasteiger partial charge in [-0.05, 0) is 6.92 Å². The third kappa shape index (κ3) is 5.08. The number of urea groups is 1. The smallest absolute Gasteiger partial charge is 0.358 e. The molecule has 0 aliphatic rings. The third-order valence-corrected chi connectivity index (χ3v) is 2.19. The highest BCUT2D eigenvalue weighted by Crippen LogP contribution is 1.92. The number of amides is 2. The number of carboxylic acid groups (broad SMARTS) is 1. The first-order valence-corrected chi connectivity index (χ1v) is 5.64. The van der Waals surface area contributed by atoms with E-state index in [1.54, 1.807) is 6.92 Å². The van der Waals surface area contributed by atoms with Crippen LogP contribution in [0.4, 0.5) is 4.79 Å². The van der Waals surface area contributed by atoms with Gasteiger partial charge in [0.25, 0.3) is 0 Å². The van der Waals surface area contributed by atoms with Crippen molar-refractivity contribution in [2.24, 2.45) is 0 Å². The number of nitrogens with zero attached hydrogens (tertiary/aromatic N) is 3. The van der Waals surface area contributed by atoms with E-state index in [0.717, 1.165) is 0 Å². The van der Waals surface area contributed by atoms with Crippen LogP contribution < -0.4 is 10.6 Å². The van der Waals surface area contributed by atoms with Gasteiger partial charge in [-0.25, -0.2) is 14.3 Å². The first-order chi connectivity index (χ1) is 9.02.